The zero-order chi connectivity index (χ0) is 21.1. The number of piperazine rings is 1. The highest BCUT2D eigenvalue weighted by Crippen LogP contribution is 2.24. The van der Waals surface area contributed by atoms with Gasteiger partial charge in [-0.25, -0.2) is 9.37 Å². The first-order valence-corrected chi connectivity index (χ1v) is 10.6. The van der Waals surface area contributed by atoms with Gasteiger partial charge in [0.05, 0.1) is 7.11 Å². The van der Waals surface area contributed by atoms with Crippen LogP contribution in [0.25, 0.3) is 0 Å². The summed E-state index contributed by atoms with van der Waals surface area (Å²) in [5, 5.41) is 0.857. The molecular formula is C22H23FN4O2S. The van der Waals surface area contributed by atoms with Gasteiger partial charge < -0.3 is 14.5 Å². The van der Waals surface area contributed by atoms with Crippen LogP contribution in [0.15, 0.2) is 48.5 Å². The van der Waals surface area contributed by atoms with E-state index in [0.717, 1.165) is 22.3 Å². The molecule has 30 heavy (non-hydrogen) atoms. The lowest BCUT2D eigenvalue weighted by molar-refractivity contribution is 0.0674. The normalized spacial score (nSPS) is 16.6. The van der Waals surface area contributed by atoms with Gasteiger partial charge in [0.1, 0.15) is 17.4 Å². The van der Waals surface area contributed by atoms with Crippen LogP contribution >= 0.6 is 11.5 Å². The van der Waals surface area contributed by atoms with Gasteiger partial charge in [-0.15, -0.1) is 0 Å². The fraction of sp³-hybridized carbons (Fsp3) is 0.318. The van der Waals surface area contributed by atoms with Crippen molar-refractivity contribution >= 4 is 22.6 Å². The van der Waals surface area contributed by atoms with Crippen LogP contribution in [0.2, 0.25) is 0 Å². The van der Waals surface area contributed by atoms with Crippen LogP contribution in [0.5, 0.6) is 5.75 Å². The highest BCUT2D eigenvalue weighted by Gasteiger charge is 2.29. The number of carbonyl (C=O) groups excluding carboxylic acids is 1. The highest BCUT2D eigenvalue weighted by atomic mass is 32.1. The minimum absolute atomic E-state index is 0.0269. The Hall–Kier alpha value is -3.00. The van der Waals surface area contributed by atoms with Crippen molar-refractivity contribution < 1.29 is 13.9 Å². The number of halogens is 1. The van der Waals surface area contributed by atoms with Crippen molar-refractivity contribution in [1.29, 1.82) is 0 Å². The third-order valence-corrected chi connectivity index (χ3v) is 6.04. The second-order valence-corrected chi connectivity index (χ2v) is 8.05. The summed E-state index contributed by atoms with van der Waals surface area (Å²) < 4.78 is 22.7. The SMILES string of the molecule is COc1ccc(C(=O)N2CCN(c3nc(Cc4ccc(F)cc4)ns3)CC2C)cc1. The molecule has 156 valence electrons. The Morgan fingerprint density at radius 3 is 2.57 bits per heavy atom. The Morgan fingerprint density at radius 1 is 1.17 bits per heavy atom. The molecule has 1 aromatic heterocycles. The summed E-state index contributed by atoms with van der Waals surface area (Å²) in [6.45, 7) is 4.08. The lowest BCUT2D eigenvalue weighted by Gasteiger charge is -2.39. The molecule has 1 aliphatic heterocycles. The third-order valence-electron chi connectivity index (χ3n) is 5.23. The number of nitrogens with zero attached hydrogens (tertiary/aromatic N) is 4. The second-order valence-electron chi connectivity index (χ2n) is 7.32. The average molecular weight is 427 g/mol. The molecule has 8 heteroatoms. The molecule has 2 heterocycles. The molecule has 3 aromatic rings. The maximum Gasteiger partial charge on any atom is 0.254 e. The summed E-state index contributed by atoms with van der Waals surface area (Å²) >= 11 is 1.36. The fourth-order valence-corrected chi connectivity index (χ4v) is 4.28. The van der Waals surface area contributed by atoms with Crippen LogP contribution in [0.3, 0.4) is 0 Å². The molecule has 1 amide bonds. The summed E-state index contributed by atoms with van der Waals surface area (Å²) in [7, 11) is 1.61. The monoisotopic (exact) mass is 426 g/mol. The molecule has 0 saturated carbocycles. The fourth-order valence-electron chi connectivity index (χ4n) is 3.56. The predicted octanol–water partition coefficient (Wildman–Crippen LogP) is 3.63. The zero-order valence-electron chi connectivity index (χ0n) is 16.9. The summed E-state index contributed by atoms with van der Waals surface area (Å²) in [6, 6.07) is 13.7. The number of hydrogen-bond acceptors (Lipinski definition) is 6. The van der Waals surface area contributed by atoms with E-state index in [4.69, 9.17) is 4.74 Å². The molecule has 0 radical (unpaired) electrons. The van der Waals surface area contributed by atoms with Crippen molar-refractivity contribution in [3.8, 4) is 5.75 Å². The molecule has 1 aliphatic rings. The predicted molar refractivity (Wildman–Crippen MR) is 115 cm³/mol. The standard InChI is InChI=1S/C22H23FN4O2S/c1-15-14-26(11-12-27(15)21(28)17-5-9-19(29-2)10-6-17)22-24-20(25-30-22)13-16-3-7-18(23)8-4-16/h3-10,15H,11-14H2,1-2H3. The molecule has 1 unspecified atom stereocenters. The van der Waals surface area contributed by atoms with E-state index in [1.807, 2.05) is 11.8 Å². The van der Waals surface area contributed by atoms with Crippen molar-refractivity contribution in [2.75, 3.05) is 31.6 Å². The van der Waals surface area contributed by atoms with Crippen molar-refractivity contribution in [3.05, 3.63) is 71.3 Å². The number of rotatable bonds is 5. The number of benzene rings is 2. The molecule has 4 rings (SSSR count). The Morgan fingerprint density at radius 2 is 1.90 bits per heavy atom. The number of aromatic nitrogens is 2. The summed E-state index contributed by atoms with van der Waals surface area (Å²) in [4.78, 5) is 21.6. The van der Waals surface area contributed by atoms with E-state index in [1.165, 1.54) is 23.7 Å². The number of ether oxygens (including phenoxy) is 1. The first-order chi connectivity index (χ1) is 14.5. The van der Waals surface area contributed by atoms with E-state index in [1.54, 1.807) is 43.5 Å². The molecule has 0 bridgehead atoms. The maximum absolute atomic E-state index is 13.1. The largest absolute Gasteiger partial charge is 0.497 e. The van der Waals surface area contributed by atoms with Crippen LogP contribution in [0.4, 0.5) is 9.52 Å². The van der Waals surface area contributed by atoms with Gasteiger partial charge in [-0.3, -0.25) is 4.79 Å². The quantitative estimate of drug-likeness (QED) is 0.624. The third kappa shape index (κ3) is 4.43. The van der Waals surface area contributed by atoms with Gasteiger partial charge in [0.25, 0.3) is 5.91 Å². The number of carbonyl (C=O) groups is 1. The molecule has 0 N–H and O–H groups in total. The van der Waals surface area contributed by atoms with Crippen LogP contribution in [0, 0.1) is 5.82 Å². The molecule has 1 atom stereocenters. The van der Waals surface area contributed by atoms with E-state index < -0.39 is 0 Å². The van der Waals surface area contributed by atoms with Crippen LogP contribution in [-0.2, 0) is 6.42 Å². The van der Waals surface area contributed by atoms with E-state index in [0.29, 0.717) is 31.6 Å². The molecule has 0 spiro atoms. The molecule has 2 aromatic carbocycles. The number of amides is 1. The molecule has 1 saturated heterocycles. The van der Waals surface area contributed by atoms with Crippen LogP contribution in [0.1, 0.15) is 28.7 Å². The molecule has 6 nitrogen and oxygen atoms in total. The molecule has 0 aliphatic carbocycles. The van der Waals surface area contributed by atoms with Crippen LogP contribution in [-0.4, -0.2) is 53.0 Å². The lowest BCUT2D eigenvalue weighted by atomic mass is 10.1. The van der Waals surface area contributed by atoms with Crippen LogP contribution < -0.4 is 9.64 Å². The van der Waals surface area contributed by atoms with E-state index >= 15 is 0 Å². The van der Waals surface area contributed by atoms with Gasteiger partial charge in [-0.05, 0) is 48.9 Å². The van der Waals surface area contributed by atoms with Crippen molar-refractivity contribution in [2.24, 2.45) is 0 Å². The number of anilines is 1. The van der Waals surface area contributed by atoms with Crippen molar-refractivity contribution in [1.82, 2.24) is 14.3 Å². The minimum atomic E-state index is -0.248. The Balaban J connectivity index is 1.38. The van der Waals surface area contributed by atoms with E-state index in [-0.39, 0.29) is 17.8 Å². The number of hydrogen-bond donors (Lipinski definition) is 0. The first kappa shape index (κ1) is 20.3. The van der Waals surface area contributed by atoms with Gasteiger partial charge in [0, 0.05) is 49.2 Å². The second kappa shape index (κ2) is 8.79. The van der Waals surface area contributed by atoms with Gasteiger partial charge >= 0.3 is 0 Å². The zero-order valence-corrected chi connectivity index (χ0v) is 17.7. The Kier molecular flexibility index (Phi) is 5.94. The Bertz CT molecular complexity index is 1010. The Labute approximate surface area is 179 Å². The summed E-state index contributed by atoms with van der Waals surface area (Å²) in [5.41, 5.74) is 1.64. The van der Waals surface area contributed by atoms with Gasteiger partial charge in [0.2, 0.25) is 5.13 Å². The minimum Gasteiger partial charge on any atom is -0.497 e. The van der Waals surface area contributed by atoms with E-state index in [2.05, 4.69) is 14.3 Å². The van der Waals surface area contributed by atoms with Gasteiger partial charge in [0.15, 0.2) is 0 Å². The average Bonchev–Trinajstić information content (AvgIpc) is 3.23. The molecule has 1 fully saturated rings. The smallest absolute Gasteiger partial charge is 0.254 e. The summed E-state index contributed by atoms with van der Waals surface area (Å²) in [5.74, 6) is 1.24. The summed E-state index contributed by atoms with van der Waals surface area (Å²) in [6.07, 6.45) is 0.572. The maximum atomic E-state index is 13.1. The van der Waals surface area contributed by atoms with Crippen molar-refractivity contribution in [2.45, 2.75) is 19.4 Å². The number of methoxy groups -OCH3 is 1. The highest BCUT2D eigenvalue weighted by molar-refractivity contribution is 7.09. The topological polar surface area (TPSA) is 58.6 Å². The van der Waals surface area contributed by atoms with Gasteiger partial charge in [-0.1, -0.05) is 12.1 Å². The van der Waals surface area contributed by atoms with E-state index in [9.17, 15) is 9.18 Å². The first-order valence-electron chi connectivity index (χ1n) is 9.80. The lowest BCUT2D eigenvalue weighted by Crippen LogP contribution is -2.54. The molecular weight excluding hydrogens is 403 g/mol. The van der Waals surface area contributed by atoms with Gasteiger partial charge in [-0.2, -0.15) is 4.37 Å². The van der Waals surface area contributed by atoms with Crippen molar-refractivity contribution in [3.63, 3.8) is 0 Å².